The van der Waals surface area contributed by atoms with Crippen LogP contribution in [0.4, 0.5) is 5.69 Å². The Hall–Kier alpha value is -1.95. The average Bonchev–Trinajstić information content (AvgIpc) is 2.79. The van der Waals surface area contributed by atoms with E-state index in [0.717, 1.165) is 0 Å². The van der Waals surface area contributed by atoms with Crippen LogP contribution < -0.4 is 5.32 Å². The number of hydrogen-bond acceptors (Lipinski definition) is 4. The number of nitrogens with zero attached hydrogens (tertiary/aromatic N) is 1. The molecule has 0 aromatic carbocycles. The molecule has 0 aliphatic carbocycles. The van der Waals surface area contributed by atoms with Crippen molar-refractivity contribution in [2.24, 2.45) is 0 Å². The number of anilines is 1. The summed E-state index contributed by atoms with van der Waals surface area (Å²) in [7, 11) is 0. The molecule has 0 unspecified atom stereocenters. The Kier molecular flexibility index (Phi) is 3.34. The van der Waals surface area contributed by atoms with Gasteiger partial charge in [-0.25, -0.2) is 4.79 Å². The van der Waals surface area contributed by atoms with E-state index < -0.39 is 18.2 Å². The van der Waals surface area contributed by atoms with Crippen LogP contribution >= 0.6 is 0 Å². The molecule has 1 aliphatic heterocycles. The van der Waals surface area contributed by atoms with Crippen molar-refractivity contribution in [1.29, 1.82) is 0 Å². The highest BCUT2D eigenvalue weighted by atomic mass is 16.5. The summed E-state index contributed by atoms with van der Waals surface area (Å²) in [6, 6.07) is 3.31. The lowest BCUT2D eigenvalue weighted by Crippen LogP contribution is -2.29. The molecule has 90 valence electrons. The molecule has 0 radical (unpaired) electrons. The molecule has 1 saturated heterocycles. The monoisotopic (exact) mass is 236 g/mol. The quantitative estimate of drug-likeness (QED) is 0.804. The number of hydrogen-bond donors (Lipinski definition) is 2. The second-order valence-electron chi connectivity index (χ2n) is 3.75. The van der Waals surface area contributed by atoms with Gasteiger partial charge in [0, 0.05) is 18.1 Å². The maximum Gasteiger partial charge on any atom is 0.332 e. The van der Waals surface area contributed by atoms with E-state index in [4.69, 9.17) is 9.84 Å². The standard InChI is InChI=1S/C11H12N2O4/c14-10(13-7-3-5-12-6-4-7)8-1-2-9(17-8)11(15)16/h3-6,8-9H,1-2H2,(H,15,16)(H,12,13,14)/t8-,9+/m0/s1. The lowest BCUT2D eigenvalue weighted by molar-refractivity contribution is -0.150. The Balaban J connectivity index is 1.92. The molecule has 6 heteroatoms. The topological polar surface area (TPSA) is 88.5 Å². The molecule has 1 aliphatic rings. The van der Waals surface area contributed by atoms with Crippen molar-refractivity contribution in [3.63, 3.8) is 0 Å². The zero-order valence-corrected chi connectivity index (χ0v) is 9.00. The Morgan fingerprint density at radius 2 is 1.94 bits per heavy atom. The molecule has 6 nitrogen and oxygen atoms in total. The number of rotatable bonds is 3. The number of aliphatic carboxylic acids is 1. The third-order valence-electron chi connectivity index (χ3n) is 2.54. The van der Waals surface area contributed by atoms with Crippen molar-refractivity contribution in [1.82, 2.24) is 4.98 Å². The number of aromatic nitrogens is 1. The Labute approximate surface area is 97.6 Å². The van der Waals surface area contributed by atoms with Gasteiger partial charge in [0.1, 0.15) is 6.10 Å². The summed E-state index contributed by atoms with van der Waals surface area (Å²) in [5, 5.41) is 11.4. The van der Waals surface area contributed by atoms with Gasteiger partial charge in [-0.3, -0.25) is 9.78 Å². The summed E-state index contributed by atoms with van der Waals surface area (Å²) in [6.45, 7) is 0. The first-order valence-electron chi connectivity index (χ1n) is 5.26. The van der Waals surface area contributed by atoms with Gasteiger partial charge in [-0.15, -0.1) is 0 Å². The van der Waals surface area contributed by atoms with Gasteiger partial charge in [0.05, 0.1) is 0 Å². The SMILES string of the molecule is O=C(Nc1ccncc1)[C@@H]1CC[C@H](C(=O)O)O1. The second-order valence-corrected chi connectivity index (χ2v) is 3.75. The van der Waals surface area contributed by atoms with E-state index in [1.54, 1.807) is 24.5 Å². The van der Waals surface area contributed by atoms with E-state index >= 15 is 0 Å². The van der Waals surface area contributed by atoms with E-state index in [1.807, 2.05) is 0 Å². The third-order valence-corrected chi connectivity index (χ3v) is 2.54. The minimum atomic E-state index is -1.02. The van der Waals surface area contributed by atoms with Crippen molar-refractivity contribution < 1.29 is 19.4 Å². The number of carboxylic acid groups (broad SMARTS) is 1. The van der Waals surface area contributed by atoms with Crippen molar-refractivity contribution in [3.8, 4) is 0 Å². The van der Waals surface area contributed by atoms with Crippen LogP contribution in [0.3, 0.4) is 0 Å². The fourth-order valence-corrected chi connectivity index (χ4v) is 1.67. The van der Waals surface area contributed by atoms with E-state index in [-0.39, 0.29) is 5.91 Å². The van der Waals surface area contributed by atoms with Gasteiger partial charge >= 0.3 is 5.97 Å². The Morgan fingerprint density at radius 3 is 2.53 bits per heavy atom. The first kappa shape index (κ1) is 11.5. The van der Waals surface area contributed by atoms with Crippen LogP contribution in [0.2, 0.25) is 0 Å². The Bertz CT molecular complexity index is 421. The van der Waals surface area contributed by atoms with E-state index in [0.29, 0.717) is 18.5 Å². The molecule has 17 heavy (non-hydrogen) atoms. The molecule has 0 bridgehead atoms. The van der Waals surface area contributed by atoms with Gasteiger partial charge in [0.2, 0.25) is 0 Å². The van der Waals surface area contributed by atoms with Crippen LogP contribution in [0.15, 0.2) is 24.5 Å². The summed E-state index contributed by atoms with van der Waals surface area (Å²) < 4.78 is 5.13. The minimum absolute atomic E-state index is 0.319. The summed E-state index contributed by atoms with van der Waals surface area (Å²) >= 11 is 0. The van der Waals surface area contributed by atoms with E-state index in [2.05, 4.69) is 10.3 Å². The molecular weight excluding hydrogens is 224 g/mol. The maximum atomic E-state index is 11.7. The highest BCUT2D eigenvalue weighted by molar-refractivity contribution is 5.94. The lowest BCUT2D eigenvalue weighted by atomic mass is 10.2. The van der Waals surface area contributed by atoms with Crippen molar-refractivity contribution in [2.75, 3.05) is 5.32 Å². The molecule has 2 N–H and O–H groups in total. The van der Waals surface area contributed by atoms with Crippen molar-refractivity contribution >= 4 is 17.6 Å². The predicted octanol–water partition coefficient (Wildman–Crippen LogP) is 0.652. The van der Waals surface area contributed by atoms with Crippen molar-refractivity contribution in [2.45, 2.75) is 25.0 Å². The fourth-order valence-electron chi connectivity index (χ4n) is 1.67. The van der Waals surface area contributed by atoms with Crippen LogP contribution in [-0.4, -0.2) is 34.2 Å². The first-order valence-corrected chi connectivity index (χ1v) is 5.26. The predicted molar refractivity (Wildman–Crippen MR) is 58.4 cm³/mol. The van der Waals surface area contributed by atoms with Crippen molar-refractivity contribution in [3.05, 3.63) is 24.5 Å². The number of carboxylic acids is 1. The van der Waals surface area contributed by atoms with Gasteiger partial charge in [-0.05, 0) is 25.0 Å². The zero-order valence-electron chi connectivity index (χ0n) is 9.00. The van der Waals surface area contributed by atoms with Crippen LogP contribution in [0.25, 0.3) is 0 Å². The molecule has 1 amide bonds. The number of pyridine rings is 1. The van der Waals surface area contributed by atoms with Gasteiger partial charge in [0.15, 0.2) is 6.10 Å². The summed E-state index contributed by atoms with van der Waals surface area (Å²) in [5.41, 5.74) is 0.618. The van der Waals surface area contributed by atoms with E-state index in [1.165, 1.54) is 0 Å². The third kappa shape index (κ3) is 2.79. The van der Waals surface area contributed by atoms with Crippen LogP contribution in [0, 0.1) is 0 Å². The smallest absolute Gasteiger partial charge is 0.332 e. The van der Waals surface area contributed by atoms with Crippen LogP contribution in [-0.2, 0) is 14.3 Å². The first-order chi connectivity index (χ1) is 8.16. The fraction of sp³-hybridized carbons (Fsp3) is 0.364. The number of carbonyl (C=O) groups excluding carboxylic acids is 1. The van der Waals surface area contributed by atoms with E-state index in [9.17, 15) is 9.59 Å². The highest BCUT2D eigenvalue weighted by Gasteiger charge is 2.34. The average molecular weight is 236 g/mol. The zero-order chi connectivity index (χ0) is 12.3. The van der Waals surface area contributed by atoms with Gasteiger partial charge in [-0.1, -0.05) is 0 Å². The number of nitrogens with one attached hydrogen (secondary N) is 1. The normalized spacial score (nSPS) is 23.3. The molecule has 2 rings (SSSR count). The van der Waals surface area contributed by atoms with Gasteiger partial charge in [0.25, 0.3) is 5.91 Å². The lowest BCUT2D eigenvalue weighted by Gasteiger charge is -2.11. The molecule has 1 aromatic heterocycles. The van der Waals surface area contributed by atoms with Crippen LogP contribution in [0.5, 0.6) is 0 Å². The molecule has 2 heterocycles. The molecule has 1 aromatic rings. The molecule has 1 fully saturated rings. The number of ether oxygens (including phenoxy) is 1. The molecule has 0 spiro atoms. The molecular formula is C11H12N2O4. The second kappa shape index (κ2) is 4.92. The maximum absolute atomic E-state index is 11.7. The van der Waals surface area contributed by atoms with Gasteiger partial charge < -0.3 is 15.2 Å². The Morgan fingerprint density at radius 1 is 1.29 bits per heavy atom. The summed E-state index contributed by atoms with van der Waals surface area (Å²) in [6.07, 6.45) is 2.35. The number of amides is 1. The summed E-state index contributed by atoms with van der Waals surface area (Å²) in [5.74, 6) is -1.34. The molecule has 0 saturated carbocycles. The largest absolute Gasteiger partial charge is 0.479 e. The summed E-state index contributed by atoms with van der Waals surface area (Å²) in [4.78, 5) is 26.2. The highest BCUT2D eigenvalue weighted by Crippen LogP contribution is 2.21. The minimum Gasteiger partial charge on any atom is -0.479 e. The molecule has 2 atom stereocenters. The number of carbonyl (C=O) groups is 2. The van der Waals surface area contributed by atoms with Crippen LogP contribution in [0.1, 0.15) is 12.8 Å². The van der Waals surface area contributed by atoms with Gasteiger partial charge in [-0.2, -0.15) is 0 Å².